The first kappa shape index (κ1) is 15.7. The van der Waals surface area contributed by atoms with Crippen LogP contribution in [-0.4, -0.2) is 17.2 Å². The normalized spacial score (nSPS) is 10.8. The molecule has 0 saturated heterocycles. The third-order valence-electron chi connectivity index (χ3n) is 2.55. The molecule has 1 amide bonds. The van der Waals surface area contributed by atoms with Crippen molar-refractivity contribution < 1.29 is 14.3 Å². The number of hydrogen-bond donors (Lipinski definition) is 2. The minimum Gasteiger partial charge on any atom is -0.506 e. The molecule has 0 aromatic heterocycles. The molecular formula is C14H9Br2FN2O2. The largest absolute Gasteiger partial charge is 0.506 e. The van der Waals surface area contributed by atoms with Crippen molar-refractivity contribution in [1.82, 2.24) is 5.43 Å². The van der Waals surface area contributed by atoms with E-state index in [0.29, 0.717) is 10.0 Å². The Labute approximate surface area is 136 Å². The Kier molecular flexibility index (Phi) is 5.08. The molecule has 0 atom stereocenters. The summed E-state index contributed by atoms with van der Waals surface area (Å²) in [6, 6.07) is 8.89. The second-order valence-corrected chi connectivity index (χ2v) is 5.77. The molecule has 0 aliphatic carbocycles. The van der Waals surface area contributed by atoms with Crippen molar-refractivity contribution in [2.24, 2.45) is 5.10 Å². The Morgan fingerprint density at radius 3 is 2.71 bits per heavy atom. The number of amides is 1. The van der Waals surface area contributed by atoms with E-state index in [2.05, 4.69) is 42.4 Å². The predicted molar refractivity (Wildman–Crippen MR) is 85.0 cm³/mol. The maximum absolute atomic E-state index is 13.4. The Balaban J connectivity index is 2.13. The minimum atomic E-state index is -0.669. The zero-order chi connectivity index (χ0) is 15.4. The van der Waals surface area contributed by atoms with Crippen LogP contribution >= 0.6 is 31.9 Å². The van der Waals surface area contributed by atoms with Gasteiger partial charge in [0.05, 0.1) is 16.3 Å². The maximum atomic E-state index is 13.4. The summed E-state index contributed by atoms with van der Waals surface area (Å²) in [5, 5.41) is 13.5. The molecule has 0 heterocycles. The summed E-state index contributed by atoms with van der Waals surface area (Å²) >= 11 is 6.46. The van der Waals surface area contributed by atoms with Gasteiger partial charge in [0.25, 0.3) is 5.91 Å². The lowest BCUT2D eigenvalue weighted by Gasteiger charge is -2.03. The van der Waals surface area contributed by atoms with E-state index < -0.39 is 11.7 Å². The molecule has 2 aromatic rings. The van der Waals surface area contributed by atoms with Gasteiger partial charge in [-0.2, -0.15) is 5.10 Å². The van der Waals surface area contributed by atoms with E-state index in [1.165, 1.54) is 24.4 Å². The van der Waals surface area contributed by atoms with Crippen LogP contribution in [0.4, 0.5) is 4.39 Å². The molecule has 0 bridgehead atoms. The summed E-state index contributed by atoms with van der Waals surface area (Å²) in [6.07, 6.45) is 1.27. The van der Waals surface area contributed by atoms with Crippen LogP contribution in [0.15, 0.2) is 50.4 Å². The van der Waals surface area contributed by atoms with Crippen molar-refractivity contribution in [2.75, 3.05) is 0 Å². The maximum Gasteiger partial charge on any atom is 0.274 e. The number of rotatable bonds is 3. The molecular weight excluding hydrogens is 407 g/mol. The van der Waals surface area contributed by atoms with Crippen LogP contribution in [0.25, 0.3) is 0 Å². The number of nitrogens with one attached hydrogen (secondary N) is 1. The van der Waals surface area contributed by atoms with Gasteiger partial charge in [-0.15, -0.1) is 0 Å². The van der Waals surface area contributed by atoms with Crippen molar-refractivity contribution in [3.63, 3.8) is 0 Å². The lowest BCUT2D eigenvalue weighted by atomic mass is 10.2. The van der Waals surface area contributed by atoms with Crippen LogP contribution in [0.5, 0.6) is 5.75 Å². The Morgan fingerprint density at radius 1 is 1.29 bits per heavy atom. The van der Waals surface area contributed by atoms with E-state index in [-0.39, 0.29) is 11.3 Å². The van der Waals surface area contributed by atoms with Crippen molar-refractivity contribution in [3.05, 3.63) is 62.3 Å². The van der Waals surface area contributed by atoms with Crippen molar-refractivity contribution in [3.8, 4) is 5.75 Å². The van der Waals surface area contributed by atoms with Crippen molar-refractivity contribution >= 4 is 44.0 Å². The van der Waals surface area contributed by atoms with Crippen LogP contribution in [0.2, 0.25) is 0 Å². The zero-order valence-electron chi connectivity index (χ0n) is 10.5. The van der Waals surface area contributed by atoms with Gasteiger partial charge in [0, 0.05) is 10.0 Å². The molecule has 21 heavy (non-hydrogen) atoms. The van der Waals surface area contributed by atoms with Gasteiger partial charge < -0.3 is 5.11 Å². The highest BCUT2D eigenvalue weighted by Gasteiger charge is 2.10. The summed E-state index contributed by atoms with van der Waals surface area (Å²) in [5.74, 6) is -1.31. The molecule has 0 aliphatic heterocycles. The predicted octanol–water partition coefficient (Wildman–Crippen LogP) is 3.82. The molecule has 0 spiro atoms. The summed E-state index contributed by atoms with van der Waals surface area (Å²) < 4.78 is 14.6. The Hall–Kier alpha value is -1.73. The number of hydrazone groups is 1. The number of halogens is 3. The Bertz CT molecular complexity index is 720. The molecule has 0 unspecified atom stereocenters. The standard InChI is InChI=1S/C14H9Br2FN2O2/c15-9-5-8(13(20)11(16)6-9)7-18-19-14(21)10-3-1-2-4-12(10)17/h1-7,20H,(H,19,21)/b18-7+. The number of phenols is 1. The SMILES string of the molecule is O=C(N/N=C/c1cc(Br)cc(Br)c1O)c1ccccc1F. The average Bonchev–Trinajstić information content (AvgIpc) is 2.44. The van der Waals surface area contributed by atoms with Crippen molar-refractivity contribution in [1.29, 1.82) is 0 Å². The second kappa shape index (κ2) is 6.82. The Morgan fingerprint density at radius 2 is 2.00 bits per heavy atom. The number of carbonyl (C=O) groups excluding carboxylic acids is 1. The molecule has 4 nitrogen and oxygen atoms in total. The topological polar surface area (TPSA) is 61.7 Å². The second-order valence-electron chi connectivity index (χ2n) is 4.00. The summed E-state index contributed by atoms with van der Waals surface area (Å²) in [5.41, 5.74) is 2.49. The van der Waals surface area contributed by atoms with Crippen LogP contribution < -0.4 is 5.43 Å². The van der Waals surface area contributed by atoms with Gasteiger partial charge in [-0.3, -0.25) is 4.79 Å². The van der Waals surface area contributed by atoms with Crippen LogP contribution in [0.1, 0.15) is 15.9 Å². The molecule has 108 valence electrons. The van der Waals surface area contributed by atoms with Gasteiger partial charge in [0.1, 0.15) is 11.6 Å². The number of aromatic hydroxyl groups is 1. The smallest absolute Gasteiger partial charge is 0.274 e. The first-order valence-electron chi connectivity index (χ1n) is 5.75. The van der Waals surface area contributed by atoms with E-state index in [4.69, 9.17) is 0 Å². The van der Waals surface area contributed by atoms with Gasteiger partial charge in [0.15, 0.2) is 0 Å². The first-order valence-corrected chi connectivity index (χ1v) is 7.33. The van der Waals surface area contributed by atoms with Crippen LogP contribution in [0.3, 0.4) is 0 Å². The van der Waals surface area contributed by atoms with Gasteiger partial charge in [-0.1, -0.05) is 28.1 Å². The number of phenolic OH excluding ortho intramolecular Hbond substituents is 1. The average molecular weight is 416 g/mol. The lowest BCUT2D eigenvalue weighted by molar-refractivity contribution is 0.0951. The summed E-state index contributed by atoms with van der Waals surface area (Å²) in [4.78, 5) is 11.7. The molecule has 0 saturated carbocycles. The fourth-order valence-corrected chi connectivity index (χ4v) is 2.81. The van der Waals surface area contributed by atoms with E-state index in [0.717, 1.165) is 4.47 Å². The zero-order valence-corrected chi connectivity index (χ0v) is 13.7. The monoisotopic (exact) mass is 414 g/mol. The molecule has 0 aliphatic rings. The minimum absolute atomic E-state index is 0.0120. The number of hydrogen-bond acceptors (Lipinski definition) is 3. The molecule has 2 N–H and O–H groups in total. The molecule has 0 radical (unpaired) electrons. The lowest BCUT2D eigenvalue weighted by Crippen LogP contribution is -2.18. The molecule has 0 fully saturated rings. The third-order valence-corrected chi connectivity index (χ3v) is 3.61. The number of carbonyl (C=O) groups is 1. The van der Waals surface area contributed by atoms with E-state index in [9.17, 15) is 14.3 Å². The number of benzene rings is 2. The van der Waals surface area contributed by atoms with Crippen molar-refractivity contribution in [2.45, 2.75) is 0 Å². The fourth-order valence-electron chi connectivity index (χ4n) is 1.55. The van der Waals surface area contributed by atoms with Gasteiger partial charge in [-0.05, 0) is 40.2 Å². The quantitative estimate of drug-likeness (QED) is 0.591. The number of nitrogens with zero attached hydrogens (tertiary/aromatic N) is 1. The highest BCUT2D eigenvalue weighted by Crippen LogP contribution is 2.30. The first-order chi connectivity index (χ1) is 9.99. The van der Waals surface area contributed by atoms with E-state index >= 15 is 0 Å². The van der Waals surface area contributed by atoms with Crippen LogP contribution in [0, 0.1) is 5.82 Å². The fraction of sp³-hybridized carbons (Fsp3) is 0. The highest BCUT2D eigenvalue weighted by atomic mass is 79.9. The van der Waals surface area contributed by atoms with Crippen LogP contribution in [-0.2, 0) is 0 Å². The van der Waals surface area contributed by atoms with Gasteiger partial charge in [-0.25, -0.2) is 9.82 Å². The third kappa shape index (κ3) is 3.89. The molecule has 2 aromatic carbocycles. The van der Waals surface area contributed by atoms with E-state index in [1.807, 2.05) is 0 Å². The highest BCUT2D eigenvalue weighted by molar-refractivity contribution is 9.11. The van der Waals surface area contributed by atoms with E-state index in [1.54, 1.807) is 18.2 Å². The molecule has 7 heteroatoms. The van der Waals surface area contributed by atoms with Gasteiger partial charge in [0.2, 0.25) is 0 Å². The summed E-state index contributed by atoms with van der Waals surface area (Å²) in [6.45, 7) is 0. The van der Waals surface area contributed by atoms with Gasteiger partial charge >= 0.3 is 0 Å². The molecule has 2 rings (SSSR count). The summed E-state index contributed by atoms with van der Waals surface area (Å²) in [7, 11) is 0.